The van der Waals surface area contributed by atoms with Crippen LogP contribution in [0.4, 0.5) is 0 Å². The second kappa shape index (κ2) is 6.92. The number of carbonyl (C=O) groups excluding carboxylic acids is 1. The second-order valence-electron chi connectivity index (χ2n) is 7.05. The second-order valence-corrected chi connectivity index (χ2v) is 7.05. The molecular weight excluding hydrogens is 246 g/mol. The maximum atomic E-state index is 11.8. The molecule has 0 saturated heterocycles. The van der Waals surface area contributed by atoms with E-state index in [1.54, 1.807) is 0 Å². The van der Waals surface area contributed by atoms with Gasteiger partial charge in [0.1, 0.15) is 0 Å². The van der Waals surface area contributed by atoms with E-state index in [-0.39, 0.29) is 17.4 Å². The quantitative estimate of drug-likeness (QED) is 0.862. The molecule has 2 nitrogen and oxygen atoms in total. The van der Waals surface area contributed by atoms with Gasteiger partial charge >= 0.3 is 0 Å². The highest BCUT2D eigenvalue weighted by molar-refractivity contribution is 5.76. The molecule has 1 aromatic carbocycles. The Kier molecular flexibility index (Phi) is 5.79. The fraction of sp³-hybridized carbons (Fsp3) is 0.611. The first kappa shape index (κ1) is 16.7. The van der Waals surface area contributed by atoms with E-state index in [9.17, 15) is 4.79 Å². The van der Waals surface area contributed by atoms with Crippen molar-refractivity contribution >= 4 is 5.91 Å². The van der Waals surface area contributed by atoms with Gasteiger partial charge in [0, 0.05) is 12.5 Å². The smallest absolute Gasteiger partial charge is 0.220 e. The standard InChI is InChI=1S/C18H29NO/c1-13(2)14(3)19-17(20)12-9-15-7-10-16(11-8-15)18(4,5)6/h7-8,10-11,13-14H,9,12H2,1-6H3,(H,19,20). The minimum atomic E-state index is 0.145. The Morgan fingerprint density at radius 1 is 1.10 bits per heavy atom. The highest BCUT2D eigenvalue weighted by Gasteiger charge is 2.13. The average Bonchev–Trinajstić information content (AvgIpc) is 2.35. The third-order valence-corrected chi connectivity index (χ3v) is 3.85. The van der Waals surface area contributed by atoms with Crippen LogP contribution in [-0.2, 0) is 16.6 Å². The number of amides is 1. The van der Waals surface area contributed by atoms with Gasteiger partial charge in [-0.2, -0.15) is 0 Å². The zero-order chi connectivity index (χ0) is 15.3. The Labute approximate surface area is 124 Å². The number of hydrogen-bond acceptors (Lipinski definition) is 1. The molecule has 0 spiro atoms. The Hall–Kier alpha value is -1.31. The van der Waals surface area contributed by atoms with E-state index in [1.807, 2.05) is 0 Å². The monoisotopic (exact) mass is 275 g/mol. The zero-order valence-electron chi connectivity index (χ0n) is 13.8. The van der Waals surface area contributed by atoms with Crippen molar-refractivity contribution in [2.75, 3.05) is 0 Å². The molecule has 0 aliphatic rings. The van der Waals surface area contributed by atoms with Crippen LogP contribution in [0.3, 0.4) is 0 Å². The van der Waals surface area contributed by atoms with Gasteiger partial charge in [-0.1, -0.05) is 58.9 Å². The molecule has 1 amide bonds. The molecule has 0 heterocycles. The molecule has 0 bridgehead atoms. The molecular formula is C18H29NO. The molecule has 0 aromatic heterocycles. The van der Waals surface area contributed by atoms with Crippen LogP contribution in [0.2, 0.25) is 0 Å². The Morgan fingerprint density at radius 3 is 2.10 bits per heavy atom. The Balaban J connectivity index is 2.48. The van der Waals surface area contributed by atoms with Gasteiger partial charge in [-0.05, 0) is 35.8 Å². The first-order valence-corrected chi connectivity index (χ1v) is 7.59. The minimum absolute atomic E-state index is 0.145. The number of benzene rings is 1. The lowest BCUT2D eigenvalue weighted by atomic mass is 9.86. The summed E-state index contributed by atoms with van der Waals surface area (Å²) in [7, 11) is 0. The summed E-state index contributed by atoms with van der Waals surface area (Å²) in [5.41, 5.74) is 2.74. The van der Waals surface area contributed by atoms with Gasteiger partial charge in [-0.15, -0.1) is 0 Å². The van der Waals surface area contributed by atoms with E-state index in [0.29, 0.717) is 12.3 Å². The van der Waals surface area contributed by atoms with E-state index in [1.165, 1.54) is 11.1 Å². The number of aryl methyl sites for hydroxylation is 1. The van der Waals surface area contributed by atoms with Crippen LogP contribution in [0.5, 0.6) is 0 Å². The summed E-state index contributed by atoms with van der Waals surface area (Å²) in [6, 6.07) is 8.86. The Morgan fingerprint density at radius 2 is 1.65 bits per heavy atom. The lowest BCUT2D eigenvalue weighted by molar-refractivity contribution is -0.121. The molecule has 0 aliphatic heterocycles. The minimum Gasteiger partial charge on any atom is -0.353 e. The predicted octanol–water partition coefficient (Wildman–Crippen LogP) is 4.08. The number of nitrogens with one attached hydrogen (secondary N) is 1. The molecule has 0 aliphatic carbocycles. The first-order chi connectivity index (χ1) is 9.20. The van der Waals surface area contributed by atoms with E-state index >= 15 is 0 Å². The fourth-order valence-electron chi connectivity index (χ4n) is 1.92. The third-order valence-electron chi connectivity index (χ3n) is 3.85. The highest BCUT2D eigenvalue weighted by Crippen LogP contribution is 2.22. The number of carbonyl (C=O) groups is 1. The average molecular weight is 275 g/mol. The molecule has 1 rings (SSSR count). The highest BCUT2D eigenvalue weighted by atomic mass is 16.1. The zero-order valence-corrected chi connectivity index (χ0v) is 13.8. The normalized spacial score (nSPS) is 13.3. The van der Waals surface area contributed by atoms with Gasteiger partial charge < -0.3 is 5.32 Å². The van der Waals surface area contributed by atoms with Gasteiger partial charge in [-0.25, -0.2) is 0 Å². The molecule has 1 aromatic rings. The third kappa shape index (κ3) is 5.36. The summed E-state index contributed by atoms with van der Waals surface area (Å²) >= 11 is 0. The summed E-state index contributed by atoms with van der Waals surface area (Å²) in [6.45, 7) is 12.9. The van der Waals surface area contributed by atoms with Gasteiger partial charge in [0.15, 0.2) is 0 Å². The lowest BCUT2D eigenvalue weighted by Crippen LogP contribution is -2.36. The largest absolute Gasteiger partial charge is 0.353 e. The molecule has 0 saturated carbocycles. The van der Waals surface area contributed by atoms with Gasteiger partial charge in [0.2, 0.25) is 5.91 Å². The molecule has 112 valence electrons. The van der Waals surface area contributed by atoms with Gasteiger partial charge in [-0.3, -0.25) is 4.79 Å². The molecule has 0 fully saturated rings. The van der Waals surface area contributed by atoms with Crippen molar-refractivity contribution in [3.05, 3.63) is 35.4 Å². The van der Waals surface area contributed by atoms with Crippen molar-refractivity contribution in [3.8, 4) is 0 Å². The van der Waals surface area contributed by atoms with Gasteiger partial charge in [0.05, 0.1) is 0 Å². The Bertz CT molecular complexity index is 426. The van der Waals surface area contributed by atoms with Crippen LogP contribution in [0.15, 0.2) is 24.3 Å². The molecule has 20 heavy (non-hydrogen) atoms. The summed E-state index contributed by atoms with van der Waals surface area (Å²) < 4.78 is 0. The SMILES string of the molecule is CC(C)C(C)NC(=O)CCc1ccc(C(C)(C)C)cc1. The van der Waals surface area contributed by atoms with Crippen LogP contribution in [0, 0.1) is 5.92 Å². The van der Waals surface area contributed by atoms with Crippen molar-refractivity contribution in [3.63, 3.8) is 0 Å². The molecule has 1 N–H and O–H groups in total. The van der Waals surface area contributed by atoms with E-state index in [4.69, 9.17) is 0 Å². The maximum absolute atomic E-state index is 11.8. The molecule has 1 unspecified atom stereocenters. The van der Waals surface area contributed by atoms with Crippen molar-refractivity contribution in [2.45, 2.75) is 65.8 Å². The predicted molar refractivity (Wildman–Crippen MR) is 85.9 cm³/mol. The fourth-order valence-corrected chi connectivity index (χ4v) is 1.92. The molecule has 1 atom stereocenters. The van der Waals surface area contributed by atoms with Crippen LogP contribution < -0.4 is 5.32 Å². The molecule has 0 radical (unpaired) electrons. The molecule has 2 heteroatoms. The van der Waals surface area contributed by atoms with E-state index in [2.05, 4.69) is 71.1 Å². The summed E-state index contributed by atoms with van der Waals surface area (Å²) in [6.07, 6.45) is 1.37. The van der Waals surface area contributed by atoms with Crippen molar-refractivity contribution in [1.29, 1.82) is 0 Å². The summed E-state index contributed by atoms with van der Waals surface area (Å²) in [5.74, 6) is 0.621. The summed E-state index contributed by atoms with van der Waals surface area (Å²) in [4.78, 5) is 11.8. The van der Waals surface area contributed by atoms with Crippen molar-refractivity contribution < 1.29 is 4.79 Å². The van der Waals surface area contributed by atoms with E-state index < -0.39 is 0 Å². The number of hydrogen-bond donors (Lipinski definition) is 1. The number of rotatable bonds is 5. The van der Waals surface area contributed by atoms with Crippen molar-refractivity contribution in [2.24, 2.45) is 5.92 Å². The van der Waals surface area contributed by atoms with Crippen LogP contribution in [-0.4, -0.2) is 11.9 Å². The first-order valence-electron chi connectivity index (χ1n) is 7.59. The van der Waals surface area contributed by atoms with Gasteiger partial charge in [0.25, 0.3) is 0 Å². The maximum Gasteiger partial charge on any atom is 0.220 e. The van der Waals surface area contributed by atoms with Crippen LogP contribution in [0.25, 0.3) is 0 Å². The van der Waals surface area contributed by atoms with Crippen LogP contribution in [0.1, 0.15) is 59.1 Å². The summed E-state index contributed by atoms with van der Waals surface area (Å²) in [5, 5.41) is 3.05. The van der Waals surface area contributed by atoms with Crippen molar-refractivity contribution in [1.82, 2.24) is 5.32 Å². The lowest BCUT2D eigenvalue weighted by Gasteiger charge is -2.19. The van der Waals surface area contributed by atoms with E-state index in [0.717, 1.165) is 6.42 Å². The topological polar surface area (TPSA) is 29.1 Å². The van der Waals surface area contributed by atoms with Crippen LogP contribution >= 0.6 is 0 Å².